The van der Waals surface area contributed by atoms with E-state index in [1.54, 1.807) is 38.1 Å². The number of rotatable bonds is 13. The monoisotopic (exact) mass is 711 g/mol. The zero-order valence-corrected chi connectivity index (χ0v) is 29.9. The maximum absolute atomic E-state index is 16.2. The molecule has 6 rings (SSSR count). The van der Waals surface area contributed by atoms with Crippen molar-refractivity contribution < 1.29 is 27.9 Å². The highest BCUT2D eigenvalue weighted by molar-refractivity contribution is 5.87. The van der Waals surface area contributed by atoms with Crippen LogP contribution in [0.2, 0.25) is 0 Å². The van der Waals surface area contributed by atoms with E-state index in [2.05, 4.69) is 35.3 Å². The maximum atomic E-state index is 16.2. The number of halogens is 2. The third-order valence-electron chi connectivity index (χ3n) is 9.30. The van der Waals surface area contributed by atoms with Crippen molar-refractivity contribution in [2.24, 2.45) is 5.92 Å². The highest BCUT2D eigenvalue weighted by Crippen LogP contribution is 2.52. The van der Waals surface area contributed by atoms with Crippen molar-refractivity contribution in [1.29, 1.82) is 0 Å². The molecule has 13 heteroatoms. The van der Waals surface area contributed by atoms with Gasteiger partial charge in [-0.25, -0.2) is 14.8 Å². The number of imidazole rings is 2. The molecule has 2 aromatic heterocycles. The third kappa shape index (κ3) is 7.25. The number of aromatic amines is 2. The lowest BCUT2D eigenvalue weighted by Crippen LogP contribution is -2.49. The number of nitrogens with one attached hydrogen (secondary N) is 4. The third-order valence-corrected chi connectivity index (χ3v) is 9.30. The van der Waals surface area contributed by atoms with Crippen LogP contribution in [-0.4, -0.2) is 62.4 Å². The number of nitrogens with zero attached hydrogens (tertiary/aromatic N) is 3. The number of amides is 3. The van der Waals surface area contributed by atoms with Crippen molar-refractivity contribution in [3.63, 3.8) is 0 Å². The van der Waals surface area contributed by atoms with Crippen LogP contribution in [0.25, 0.3) is 44.5 Å². The number of carbonyl (C=O) groups excluding carboxylic acids is 3. The molecule has 0 fully saturated rings. The predicted molar refractivity (Wildman–Crippen MR) is 194 cm³/mol. The topological polar surface area (TPSA) is 145 Å². The molecular weight excluding hydrogens is 668 g/mol. The zero-order valence-electron chi connectivity index (χ0n) is 29.9. The van der Waals surface area contributed by atoms with Gasteiger partial charge in [-0.2, -0.15) is 8.78 Å². The van der Waals surface area contributed by atoms with Gasteiger partial charge in [0.1, 0.15) is 17.7 Å². The van der Waals surface area contributed by atoms with Gasteiger partial charge in [-0.3, -0.25) is 9.59 Å². The predicted octanol–water partition coefficient (Wildman–Crippen LogP) is 7.28. The maximum Gasteiger partial charge on any atom is 0.407 e. The quantitative estimate of drug-likeness (QED) is 0.101. The Kier molecular flexibility index (Phi) is 10.4. The lowest BCUT2D eigenvalue weighted by molar-refractivity contribution is -0.132. The van der Waals surface area contributed by atoms with Crippen molar-refractivity contribution in [2.75, 3.05) is 13.7 Å². The molecule has 1 aliphatic rings. The van der Waals surface area contributed by atoms with Crippen LogP contribution >= 0.6 is 0 Å². The van der Waals surface area contributed by atoms with E-state index < -0.39 is 24.0 Å². The van der Waals surface area contributed by atoms with Gasteiger partial charge in [-0.1, -0.05) is 58.0 Å². The van der Waals surface area contributed by atoms with Crippen LogP contribution in [-0.2, 0) is 33.3 Å². The molecule has 0 saturated heterocycles. The van der Waals surface area contributed by atoms with E-state index >= 15 is 8.78 Å². The Labute approximate surface area is 300 Å². The fourth-order valence-electron chi connectivity index (χ4n) is 6.60. The number of fused-ring (bicyclic) bond motifs is 4. The molecule has 4 N–H and O–H groups in total. The standard InChI is InChI=1S/C39H43F2N7O4/c1-6-8-35(49)48(15-7-2)21-34-44-30-14-11-24(18-31(30)45-34)23-9-12-26-27-13-10-25(17-29(27)39(40,41)28(26)16-23)32-19-42-33(46-32)20-43-37(50)36(22(3)4)47-38(51)52-5/h9-14,16-19,22,36H,6-8,15,20-21H2,1-5H3,(H,42,46)(H,43,50)(H,44,45)(H,47,51). The number of H-pyrrole nitrogens is 2. The first-order valence-corrected chi connectivity index (χ1v) is 17.5. The van der Waals surface area contributed by atoms with Gasteiger partial charge >= 0.3 is 6.09 Å². The average Bonchev–Trinajstić information content (AvgIpc) is 3.83. The molecule has 52 heavy (non-hydrogen) atoms. The van der Waals surface area contributed by atoms with Crippen molar-refractivity contribution >= 4 is 28.9 Å². The number of alkyl halides is 2. The van der Waals surface area contributed by atoms with Crippen LogP contribution in [0, 0.1) is 5.92 Å². The first-order chi connectivity index (χ1) is 24.9. The number of carbonyl (C=O) groups is 3. The van der Waals surface area contributed by atoms with Gasteiger partial charge in [0.15, 0.2) is 0 Å². The number of hydrogen-bond donors (Lipinski definition) is 4. The minimum absolute atomic E-state index is 0.0435. The van der Waals surface area contributed by atoms with Crippen molar-refractivity contribution in [3.8, 4) is 33.5 Å². The molecule has 1 atom stereocenters. The Morgan fingerprint density at radius 3 is 2.25 bits per heavy atom. The summed E-state index contributed by atoms with van der Waals surface area (Å²) in [6, 6.07) is 14.9. The summed E-state index contributed by atoms with van der Waals surface area (Å²) in [6.07, 6.45) is 2.94. The second kappa shape index (κ2) is 14.9. The van der Waals surface area contributed by atoms with Gasteiger partial charge in [0.2, 0.25) is 11.8 Å². The second-order valence-corrected chi connectivity index (χ2v) is 13.4. The summed E-state index contributed by atoms with van der Waals surface area (Å²) < 4.78 is 37.0. The minimum atomic E-state index is -3.25. The van der Waals surface area contributed by atoms with Gasteiger partial charge in [0.05, 0.1) is 43.1 Å². The molecule has 272 valence electrons. The Bertz CT molecular complexity index is 2120. The number of ether oxygens (including phenoxy) is 1. The number of aromatic nitrogens is 4. The van der Waals surface area contributed by atoms with E-state index in [0.29, 0.717) is 59.1 Å². The Balaban J connectivity index is 1.19. The fourth-order valence-corrected chi connectivity index (χ4v) is 6.60. The molecule has 0 aliphatic heterocycles. The summed E-state index contributed by atoms with van der Waals surface area (Å²) in [6.45, 7) is 8.69. The molecule has 11 nitrogen and oxygen atoms in total. The fraction of sp³-hybridized carbons (Fsp3) is 0.359. The van der Waals surface area contributed by atoms with Crippen LogP contribution in [0.1, 0.15) is 69.7 Å². The molecule has 5 aromatic rings. The molecule has 0 radical (unpaired) electrons. The van der Waals surface area contributed by atoms with Gasteiger partial charge in [-0.15, -0.1) is 0 Å². The Morgan fingerprint density at radius 1 is 0.904 bits per heavy atom. The zero-order chi connectivity index (χ0) is 37.2. The van der Waals surface area contributed by atoms with Gasteiger partial charge < -0.3 is 30.2 Å². The van der Waals surface area contributed by atoms with E-state index in [-0.39, 0.29) is 29.5 Å². The van der Waals surface area contributed by atoms with Crippen molar-refractivity contribution in [1.82, 2.24) is 35.5 Å². The van der Waals surface area contributed by atoms with Gasteiger partial charge in [-0.05, 0) is 65.3 Å². The van der Waals surface area contributed by atoms with Crippen molar-refractivity contribution in [2.45, 2.75) is 72.0 Å². The first kappa shape index (κ1) is 36.2. The highest BCUT2D eigenvalue weighted by atomic mass is 19.3. The summed E-state index contributed by atoms with van der Waals surface area (Å²) in [5, 5.41) is 5.27. The first-order valence-electron chi connectivity index (χ1n) is 17.5. The Morgan fingerprint density at radius 2 is 1.58 bits per heavy atom. The van der Waals surface area contributed by atoms with E-state index in [1.165, 1.54) is 19.4 Å². The summed E-state index contributed by atoms with van der Waals surface area (Å²) in [7, 11) is 1.22. The number of benzene rings is 3. The molecule has 3 aromatic carbocycles. The van der Waals surface area contributed by atoms with Crippen LogP contribution in [0.4, 0.5) is 13.6 Å². The average molecular weight is 712 g/mol. The molecule has 3 amide bonds. The smallest absolute Gasteiger partial charge is 0.407 e. The summed E-state index contributed by atoms with van der Waals surface area (Å²) >= 11 is 0. The van der Waals surface area contributed by atoms with E-state index in [1.807, 2.05) is 43.0 Å². The van der Waals surface area contributed by atoms with Gasteiger partial charge in [0, 0.05) is 29.7 Å². The van der Waals surface area contributed by atoms with E-state index in [4.69, 9.17) is 0 Å². The summed E-state index contributed by atoms with van der Waals surface area (Å²) in [5.74, 6) is -2.64. The normalized spacial score (nSPS) is 13.5. The lowest BCUT2D eigenvalue weighted by atomic mass is 9.98. The molecule has 0 saturated carbocycles. The summed E-state index contributed by atoms with van der Waals surface area (Å²) in [4.78, 5) is 54.3. The minimum Gasteiger partial charge on any atom is -0.453 e. The lowest BCUT2D eigenvalue weighted by Gasteiger charge is -2.20. The molecule has 2 heterocycles. The van der Waals surface area contributed by atoms with Crippen LogP contribution in [0.15, 0.2) is 60.8 Å². The number of methoxy groups -OCH3 is 1. The van der Waals surface area contributed by atoms with Crippen molar-refractivity contribution in [3.05, 3.63) is 83.6 Å². The van der Waals surface area contributed by atoms with Gasteiger partial charge in [0.25, 0.3) is 5.92 Å². The highest BCUT2D eigenvalue weighted by Gasteiger charge is 2.44. The second-order valence-electron chi connectivity index (χ2n) is 13.4. The number of alkyl carbamates (subject to hydrolysis) is 1. The van der Waals surface area contributed by atoms with Crippen LogP contribution in [0.5, 0.6) is 0 Å². The van der Waals surface area contributed by atoms with Crippen LogP contribution < -0.4 is 10.6 Å². The number of hydrogen-bond acceptors (Lipinski definition) is 6. The SMILES string of the molecule is CCCC(=O)N(CCC)Cc1nc2ccc(-c3ccc4c(c3)C(F)(F)c3cc(-c5cnc(CNC(=O)C(NC(=O)OC)C(C)C)[nH]5)ccc3-4)cc2[nH]1. The van der Waals surface area contributed by atoms with Crippen LogP contribution in [0.3, 0.4) is 0 Å². The Hall–Kier alpha value is -5.59. The summed E-state index contributed by atoms with van der Waals surface area (Å²) in [5.41, 5.74) is 4.74. The molecule has 1 aliphatic carbocycles. The molecular formula is C39H43F2N7O4. The largest absolute Gasteiger partial charge is 0.453 e. The molecule has 1 unspecified atom stereocenters. The molecule has 0 spiro atoms. The molecule has 0 bridgehead atoms. The van der Waals surface area contributed by atoms with E-state index in [0.717, 1.165) is 29.4 Å². The van der Waals surface area contributed by atoms with E-state index in [9.17, 15) is 14.4 Å².